The van der Waals surface area contributed by atoms with E-state index in [-0.39, 0.29) is 0 Å². The molecule has 0 fully saturated rings. The van der Waals surface area contributed by atoms with Crippen LogP contribution in [-0.4, -0.2) is 0 Å². The fourth-order valence-corrected chi connectivity index (χ4v) is 3.50. The fourth-order valence-electron chi connectivity index (χ4n) is 0.675. The van der Waals surface area contributed by atoms with Crippen molar-refractivity contribution >= 4 is 60.1 Å². The van der Waals surface area contributed by atoms with E-state index in [0.29, 0.717) is 5.69 Å². The molecule has 6 heteroatoms. The summed E-state index contributed by atoms with van der Waals surface area (Å²) in [7, 11) is 0. The highest BCUT2D eigenvalue weighted by Crippen LogP contribution is 2.35. The summed E-state index contributed by atoms with van der Waals surface area (Å²) in [6, 6.07) is 3.77. The first kappa shape index (κ1) is 10.3. The van der Waals surface area contributed by atoms with Crippen LogP contribution in [0.1, 0.15) is 0 Å². The Morgan fingerprint density at radius 1 is 1.33 bits per heavy atom. The highest BCUT2D eigenvalue weighted by atomic mass is 127. The lowest BCUT2D eigenvalue weighted by molar-refractivity contribution is 1.41. The summed E-state index contributed by atoms with van der Waals surface area (Å²) in [6.07, 6.45) is 0. The summed E-state index contributed by atoms with van der Waals surface area (Å²) in [5.41, 5.74) is 8.83. The van der Waals surface area contributed by atoms with Crippen molar-refractivity contribution in [1.29, 1.82) is 0 Å². The standard InChI is InChI=1S/C6H2Br2IN3/c7-4-1-3(9)2-5(8)6(4)11-12-10/h1-2H. The van der Waals surface area contributed by atoms with Gasteiger partial charge in [-0.25, -0.2) is 0 Å². The predicted octanol–water partition coefficient (Wildman–Crippen LogP) is 4.76. The molecule has 0 saturated carbocycles. The molecule has 0 aliphatic heterocycles. The van der Waals surface area contributed by atoms with E-state index in [1.165, 1.54) is 0 Å². The van der Waals surface area contributed by atoms with Gasteiger partial charge in [0.1, 0.15) is 0 Å². The van der Waals surface area contributed by atoms with Gasteiger partial charge in [0.2, 0.25) is 0 Å². The second kappa shape index (κ2) is 4.45. The largest absolute Gasteiger partial charge is 0.0660 e. The highest BCUT2D eigenvalue weighted by molar-refractivity contribution is 14.1. The van der Waals surface area contributed by atoms with E-state index >= 15 is 0 Å². The molecule has 0 unspecified atom stereocenters. The molecule has 12 heavy (non-hydrogen) atoms. The lowest BCUT2D eigenvalue weighted by atomic mass is 10.3. The smallest absolute Gasteiger partial charge is 0.0584 e. The average Bonchev–Trinajstić information content (AvgIpc) is 1.96. The van der Waals surface area contributed by atoms with Crippen molar-refractivity contribution in [2.45, 2.75) is 0 Å². The number of halogens is 3. The van der Waals surface area contributed by atoms with E-state index in [1.54, 1.807) is 0 Å². The van der Waals surface area contributed by atoms with Crippen LogP contribution in [0.15, 0.2) is 26.2 Å². The first-order valence-corrected chi connectivity index (χ1v) is 5.51. The highest BCUT2D eigenvalue weighted by Gasteiger charge is 2.03. The summed E-state index contributed by atoms with van der Waals surface area (Å²) in [4.78, 5) is 2.72. The van der Waals surface area contributed by atoms with Gasteiger partial charge >= 0.3 is 0 Å². The van der Waals surface area contributed by atoms with Gasteiger partial charge in [-0.15, -0.1) is 0 Å². The summed E-state index contributed by atoms with van der Waals surface area (Å²) < 4.78 is 2.65. The van der Waals surface area contributed by atoms with Gasteiger partial charge in [0.15, 0.2) is 0 Å². The maximum Gasteiger partial charge on any atom is 0.0660 e. The van der Waals surface area contributed by atoms with Gasteiger partial charge in [-0.1, -0.05) is 37.0 Å². The first-order chi connectivity index (χ1) is 5.65. The van der Waals surface area contributed by atoms with Gasteiger partial charge in [0, 0.05) is 17.4 Å². The van der Waals surface area contributed by atoms with Crippen molar-refractivity contribution in [2.24, 2.45) is 5.11 Å². The number of benzene rings is 1. The van der Waals surface area contributed by atoms with Crippen molar-refractivity contribution < 1.29 is 0 Å². The van der Waals surface area contributed by atoms with Crippen LogP contribution in [0.5, 0.6) is 0 Å². The van der Waals surface area contributed by atoms with E-state index in [2.05, 4.69) is 64.5 Å². The molecule has 0 amide bonds. The maximum atomic E-state index is 8.25. The molecule has 0 heterocycles. The van der Waals surface area contributed by atoms with Crippen molar-refractivity contribution in [2.75, 3.05) is 0 Å². The molecule has 62 valence electrons. The third-order valence-corrected chi connectivity index (χ3v) is 2.96. The van der Waals surface area contributed by atoms with Crippen LogP contribution in [0.4, 0.5) is 5.69 Å². The Hall–Kier alpha value is 0.220. The van der Waals surface area contributed by atoms with Gasteiger partial charge in [-0.2, -0.15) is 0 Å². The van der Waals surface area contributed by atoms with Crippen molar-refractivity contribution in [3.63, 3.8) is 0 Å². The van der Waals surface area contributed by atoms with Crippen LogP contribution in [0, 0.1) is 3.57 Å². The van der Waals surface area contributed by atoms with Gasteiger partial charge in [-0.05, 0) is 40.3 Å². The quantitative estimate of drug-likeness (QED) is 0.281. The van der Waals surface area contributed by atoms with E-state index in [9.17, 15) is 0 Å². The Kier molecular flexibility index (Phi) is 3.82. The summed E-state index contributed by atoms with van der Waals surface area (Å²) in [5, 5.41) is 3.53. The molecule has 1 rings (SSSR count). The van der Waals surface area contributed by atoms with E-state index in [4.69, 9.17) is 5.53 Å². The Bertz CT molecular complexity index is 337. The molecule has 0 aliphatic carbocycles. The Labute approximate surface area is 99.6 Å². The molecule has 0 spiro atoms. The average molecular weight is 403 g/mol. The minimum Gasteiger partial charge on any atom is -0.0584 e. The fraction of sp³-hybridized carbons (Fsp3) is 0. The number of hydrogen-bond donors (Lipinski definition) is 0. The second-order valence-corrected chi connectivity index (χ2v) is 4.86. The molecule has 0 atom stereocenters. The summed E-state index contributed by atoms with van der Waals surface area (Å²) >= 11 is 8.78. The number of hydrogen-bond acceptors (Lipinski definition) is 1. The number of nitrogens with zero attached hydrogens (tertiary/aromatic N) is 3. The molecule has 0 radical (unpaired) electrons. The zero-order valence-corrected chi connectivity index (χ0v) is 11.0. The minimum absolute atomic E-state index is 0.581. The predicted molar refractivity (Wildman–Crippen MR) is 63.4 cm³/mol. The van der Waals surface area contributed by atoms with Gasteiger partial charge in [-0.3, -0.25) is 0 Å². The lowest BCUT2D eigenvalue weighted by Crippen LogP contribution is -1.74. The van der Waals surface area contributed by atoms with Crippen LogP contribution in [0.2, 0.25) is 0 Å². The zero-order chi connectivity index (χ0) is 9.14. The minimum atomic E-state index is 0.581. The molecular formula is C6H2Br2IN3. The van der Waals surface area contributed by atoms with Crippen molar-refractivity contribution in [3.8, 4) is 0 Å². The Morgan fingerprint density at radius 3 is 2.25 bits per heavy atom. The molecule has 0 saturated heterocycles. The summed E-state index contributed by atoms with van der Waals surface area (Å²) in [5.74, 6) is 0. The third-order valence-electron chi connectivity index (χ3n) is 1.13. The molecule has 0 N–H and O–H groups in total. The number of rotatable bonds is 1. The van der Waals surface area contributed by atoms with E-state index in [1.807, 2.05) is 12.1 Å². The third kappa shape index (κ3) is 2.35. The van der Waals surface area contributed by atoms with E-state index < -0.39 is 0 Å². The monoisotopic (exact) mass is 401 g/mol. The van der Waals surface area contributed by atoms with Crippen molar-refractivity contribution in [1.82, 2.24) is 0 Å². The second-order valence-electron chi connectivity index (χ2n) is 1.91. The molecule has 0 aromatic heterocycles. The van der Waals surface area contributed by atoms with E-state index in [0.717, 1.165) is 12.5 Å². The van der Waals surface area contributed by atoms with Crippen LogP contribution < -0.4 is 0 Å². The SMILES string of the molecule is [N-]=[N+]=Nc1c(Br)cc(I)cc1Br. The number of azide groups is 1. The lowest BCUT2D eigenvalue weighted by Gasteiger charge is -2.00. The normalized spacial score (nSPS) is 9.25. The zero-order valence-electron chi connectivity index (χ0n) is 5.63. The molecule has 1 aromatic carbocycles. The molecular weight excluding hydrogens is 401 g/mol. The molecule has 3 nitrogen and oxygen atoms in total. The van der Waals surface area contributed by atoms with Crippen molar-refractivity contribution in [3.05, 3.63) is 35.1 Å². The molecule has 0 bridgehead atoms. The van der Waals surface area contributed by atoms with Gasteiger partial charge in [0.25, 0.3) is 0 Å². The van der Waals surface area contributed by atoms with Gasteiger partial charge in [0.05, 0.1) is 5.69 Å². The summed E-state index contributed by atoms with van der Waals surface area (Å²) in [6.45, 7) is 0. The Morgan fingerprint density at radius 2 is 1.83 bits per heavy atom. The molecule has 0 aliphatic rings. The topological polar surface area (TPSA) is 48.8 Å². The first-order valence-electron chi connectivity index (χ1n) is 2.85. The Balaban J connectivity index is 3.37. The van der Waals surface area contributed by atoms with Crippen LogP contribution in [-0.2, 0) is 0 Å². The van der Waals surface area contributed by atoms with Crippen LogP contribution >= 0.6 is 54.5 Å². The van der Waals surface area contributed by atoms with Gasteiger partial charge < -0.3 is 0 Å². The van der Waals surface area contributed by atoms with Crippen LogP contribution in [0.25, 0.3) is 10.4 Å². The van der Waals surface area contributed by atoms with Crippen LogP contribution in [0.3, 0.4) is 0 Å². The molecule has 1 aromatic rings. The maximum absolute atomic E-state index is 8.25.